The quantitative estimate of drug-likeness (QED) is 0.730. The number of carbonyl (C=O) groups is 1. The maximum atomic E-state index is 11.3. The van der Waals surface area contributed by atoms with Gasteiger partial charge >= 0.3 is 6.03 Å². The van der Waals surface area contributed by atoms with Crippen LogP contribution in [0.15, 0.2) is 0 Å². The highest BCUT2D eigenvalue weighted by Gasteiger charge is 2.28. The first-order valence-electron chi connectivity index (χ1n) is 6.44. The van der Waals surface area contributed by atoms with Crippen LogP contribution in [0, 0.1) is 5.92 Å². The molecule has 2 saturated heterocycles. The Bertz CT molecular complexity index is 402. The van der Waals surface area contributed by atoms with E-state index in [9.17, 15) is 13.2 Å². The third kappa shape index (κ3) is 3.58. The lowest BCUT2D eigenvalue weighted by Crippen LogP contribution is -2.47. The van der Waals surface area contributed by atoms with Gasteiger partial charge in [-0.3, -0.25) is 0 Å². The number of amides is 2. The zero-order chi connectivity index (χ0) is 13.2. The van der Waals surface area contributed by atoms with Crippen molar-refractivity contribution in [1.82, 2.24) is 10.2 Å². The number of hydrogen-bond donors (Lipinski definition) is 2. The van der Waals surface area contributed by atoms with Gasteiger partial charge in [-0.05, 0) is 31.7 Å². The van der Waals surface area contributed by atoms with Crippen LogP contribution in [-0.2, 0) is 9.84 Å². The van der Waals surface area contributed by atoms with Crippen molar-refractivity contribution in [3.8, 4) is 0 Å². The van der Waals surface area contributed by atoms with Crippen LogP contribution >= 0.6 is 0 Å². The molecule has 104 valence electrons. The summed E-state index contributed by atoms with van der Waals surface area (Å²) in [6.07, 6.45) is 2.56. The Morgan fingerprint density at radius 2 is 1.94 bits per heavy atom. The minimum atomic E-state index is -2.78. The molecule has 0 aliphatic carbocycles. The molecule has 2 heterocycles. The summed E-state index contributed by atoms with van der Waals surface area (Å²) in [5, 5.41) is 3.42. The summed E-state index contributed by atoms with van der Waals surface area (Å²) in [6, 6.07) is 0.0271. The zero-order valence-electron chi connectivity index (χ0n) is 10.5. The molecule has 18 heavy (non-hydrogen) atoms. The molecule has 7 heteroatoms. The number of urea groups is 1. The van der Waals surface area contributed by atoms with Gasteiger partial charge in [0.2, 0.25) is 0 Å². The number of carbonyl (C=O) groups excluding carboxylic acids is 1. The van der Waals surface area contributed by atoms with Gasteiger partial charge in [-0.25, -0.2) is 13.2 Å². The minimum Gasteiger partial charge on any atom is -0.351 e. The van der Waals surface area contributed by atoms with Crippen LogP contribution in [0.2, 0.25) is 0 Å². The SMILES string of the molecule is NC(=O)N1CCC(NCC2CCS(=O)(=O)C2)CC1. The van der Waals surface area contributed by atoms with Crippen LogP contribution in [0.4, 0.5) is 4.79 Å². The molecule has 6 nitrogen and oxygen atoms in total. The molecule has 1 unspecified atom stereocenters. The van der Waals surface area contributed by atoms with Crippen molar-refractivity contribution >= 4 is 15.9 Å². The Labute approximate surface area is 108 Å². The Morgan fingerprint density at radius 3 is 2.44 bits per heavy atom. The zero-order valence-corrected chi connectivity index (χ0v) is 11.3. The van der Waals surface area contributed by atoms with Gasteiger partial charge in [0.1, 0.15) is 0 Å². The Hall–Kier alpha value is -0.820. The van der Waals surface area contributed by atoms with E-state index in [0.29, 0.717) is 30.6 Å². The first-order chi connectivity index (χ1) is 8.46. The number of nitrogens with two attached hydrogens (primary N) is 1. The van der Waals surface area contributed by atoms with E-state index in [0.717, 1.165) is 25.8 Å². The molecule has 2 rings (SSSR count). The van der Waals surface area contributed by atoms with Crippen molar-refractivity contribution in [3.63, 3.8) is 0 Å². The van der Waals surface area contributed by atoms with E-state index in [1.807, 2.05) is 0 Å². The highest BCUT2D eigenvalue weighted by atomic mass is 32.2. The molecule has 0 saturated carbocycles. The second-order valence-corrected chi connectivity index (χ2v) is 7.51. The summed E-state index contributed by atoms with van der Waals surface area (Å²) in [5.41, 5.74) is 5.22. The molecule has 3 N–H and O–H groups in total. The highest BCUT2D eigenvalue weighted by molar-refractivity contribution is 7.91. The molecule has 2 aliphatic heterocycles. The molecule has 0 aromatic heterocycles. The summed E-state index contributed by atoms with van der Waals surface area (Å²) < 4.78 is 22.6. The Balaban J connectivity index is 1.68. The first kappa shape index (κ1) is 13.6. The molecule has 1 atom stereocenters. The van der Waals surface area contributed by atoms with E-state index in [-0.39, 0.29) is 11.9 Å². The van der Waals surface area contributed by atoms with Crippen molar-refractivity contribution in [2.75, 3.05) is 31.1 Å². The molecule has 0 aromatic rings. The highest BCUT2D eigenvalue weighted by Crippen LogP contribution is 2.18. The fourth-order valence-electron chi connectivity index (χ4n) is 2.67. The fourth-order valence-corrected chi connectivity index (χ4v) is 4.53. The van der Waals surface area contributed by atoms with Gasteiger partial charge in [0.05, 0.1) is 11.5 Å². The molecule has 0 radical (unpaired) electrons. The van der Waals surface area contributed by atoms with Crippen LogP contribution in [0.5, 0.6) is 0 Å². The molecule has 0 spiro atoms. The number of nitrogens with zero attached hydrogens (tertiary/aromatic N) is 1. The summed E-state index contributed by atoms with van der Waals surface area (Å²) in [4.78, 5) is 12.6. The smallest absolute Gasteiger partial charge is 0.314 e. The third-order valence-corrected chi connectivity index (χ3v) is 5.67. The van der Waals surface area contributed by atoms with E-state index in [1.165, 1.54) is 0 Å². The molecular weight excluding hydrogens is 254 g/mol. The number of primary amides is 1. The topological polar surface area (TPSA) is 92.5 Å². The van der Waals surface area contributed by atoms with Crippen LogP contribution in [0.3, 0.4) is 0 Å². The van der Waals surface area contributed by atoms with Gasteiger partial charge in [-0.2, -0.15) is 0 Å². The van der Waals surface area contributed by atoms with Gasteiger partial charge in [0.25, 0.3) is 0 Å². The number of rotatable bonds is 3. The van der Waals surface area contributed by atoms with Gasteiger partial charge in [-0.1, -0.05) is 0 Å². The summed E-state index contributed by atoms with van der Waals surface area (Å²) in [5.74, 6) is 0.906. The van der Waals surface area contributed by atoms with E-state index >= 15 is 0 Å². The standard InChI is InChI=1S/C11H21N3O3S/c12-11(15)14-4-1-10(2-5-14)13-7-9-3-6-18(16,17)8-9/h9-10,13H,1-8H2,(H2,12,15). The van der Waals surface area contributed by atoms with Crippen LogP contribution in [-0.4, -0.2) is 56.5 Å². The molecule has 2 amide bonds. The Kier molecular flexibility index (Phi) is 4.11. The van der Waals surface area contributed by atoms with Crippen molar-refractivity contribution in [2.24, 2.45) is 11.7 Å². The Morgan fingerprint density at radius 1 is 1.28 bits per heavy atom. The predicted octanol–water partition coefficient (Wildman–Crippen LogP) is -0.446. The lowest BCUT2D eigenvalue weighted by molar-refractivity contribution is 0.184. The number of sulfone groups is 1. The van der Waals surface area contributed by atoms with E-state index in [4.69, 9.17) is 5.73 Å². The van der Waals surface area contributed by atoms with E-state index < -0.39 is 9.84 Å². The maximum Gasteiger partial charge on any atom is 0.314 e. The van der Waals surface area contributed by atoms with Crippen LogP contribution in [0.1, 0.15) is 19.3 Å². The number of nitrogens with one attached hydrogen (secondary N) is 1. The van der Waals surface area contributed by atoms with Crippen molar-refractivity contribution in [1.29, 1.82) is 0 Å². The second kappa shape index (κ2) is 5.44. The third-order valence-electron chi connectivity index (χ3n) is 3.83. The molecular formula is C11H21N3O3S. The first-order valence-corrected chi connectivity index (χ1v) is 8.26. The molecule has 2 fully saturated rings. The monoisotopic (exact) mass is 275 g/mol. The van der Waals surface area contributed by atoms with Gasteiger partial charge in [-0.15, -0.1) is 0 Å². The lowest BCUT2D eigenvalue weighted by atomic mass is 10.0. The molecule has 0 aromatic carbocycles. The van der Waals surface area contributed by atoms with E-state index in [2.05, 4.69) is 5.32 Å². The van der Waals surface area contributed by atoms with Crippen molar-refractivity contribution in [3.05, 3.63) is 0 Å². The lowest BCUT2D eigenvalue weighted by Gasteiger charge is -2.31. The maximum absolute atomic E-state index is 11.3. The van der Waals surface area contributed by atoms with Gasteiger partial charge in [0, 0.05) is 19.1 Å². The second-order valence-electron chi connectivity index (χ2n) is 5.28. The summed E-state index contributed by atoms with van der Waals surface area (Å²) >= 11 is 0. The number of likely N-dealkylation sites (tertiary alicyclic amines) is 1. The minimum absolute atomic E-state index is 0.254. The fraction of sp³-hybridized carbons (Fsp3) is 0.909. The largest absolute Gasteiger partial charge is 0.351 e. The summed E-state index contributed by atoms with van der Waals surface area (Å²) in [7, 11) is -2.78. The number of piperidine rings is 1. The van der Waals surface area contributed by atoms with Gasteiger partial charge < -0.3 is 16.0 Å². The predicted molar refractivity (Wildman–Crippen MR) is 68.9 cm³/mol. The number of hydrogen-bond acceptors (Lipinski definition) is 4. The average molecular weight is 275 g/mol. The molecule has 2 aliphatic rings. The molecule has 0 bridgehead atoms. The van der Waals surface area contributed by atoms with Crippen LogP contribution in [0.25, 0.3) is 0 Å². The van der Waals surface area contributed by atoms with Gasteiger partial charge in [0.15, 0.2) is 9.84 Å². The van der Waals surface area contributed by atoms with E-state index in [1.54, 1.807) is 4.90 Å². The van der Waals surface area contributed by atoms with Crippen molar-refractivity contribution < 1.29 is 13.2 Å². The normalized spacial score (nSPS) is 28.4. The van der Waals surface area contributed by atoms with Crippen molar-refractivity contribution in [2.45, 2.75) is 25.3 Å². The van der Waals surface area contributed by atoms with Crippen LogP contribution < -0.4 is 11.1 Å². The summed E-state index contributed by atoms with van der Waals surface area (Å²) in [6.45, 7) is 2.15. The average Bonchev–Trinajstić information content (AvgIpc) is 2.67.